The summed E-state index contributed by atoms with van der Waals surface area (Å²) in [6.45, 7) is 0. The van der Waals surface area contributed by atoms with Crippen LogP contribution < -0.4 is 11.3 Å². The van der Waals surface area contributed by atoms with Crippen LogP contribution in [0.3, 0.4) is 0 Å². The third-order valence-corrected chi connectivity index (χ3v) is 1.32. The van der Waals surface area contributed by atoms with Crippen LogP contribution >= 0.6 is 0 Å². The zero-order valence-electron chi connectivity index (χ0n) is 6.71. The smallest absolute Gasteiger partial charge is 0.422 e. The highest BCUT2D eigenvalue weighted by atomic mass is 16.4. The van der Waals surface area contributed by atoms with E-state index < -0.39 is 13.0 Å². The number of nitrogens with zero attached hydrogens (tertiary/aromatic N) is 2. The van der Waals surface area contributed by atoms with Crippen LogP contribution in [0.2, 0.25) is 0 Å². The molecule has 0 bridgehead atoms. The summed E-state index contributed by atoms with van der Waals surface area (Å²) in [5.74, 6) is -0.386. The monoisotopic (exact) mass is 181 g/mol. The van der Waals surface area contributed by atoms with E-state index in [-0.39, 0.29) is 17.8 Å². The summed E-state index contributed by atoms with van der Waals surface area (Å²) in [7, 11) is -1.66. The molecular formula is C6H8BN3O3. The standard InChI is InChI=1S/C6H8BN3O3/c8-5(11)3-6-9-2-1-4(10-6)7(12)13/h1-2,12-13H,3H2,(H2,8,11). The van der Waals surface area contributed by atoms with Gasteiger partial charge in [0, 0.05) is 6.20 Å². The van der Waals surface area contributed by atoms with Crippen LogP contribution in [0.5, 0.6) is 0 Å². The van der Waals surface area contributed by atoms with Crippen molar-refractivity contribution in [3.8, 4) is 0 Å². The lowest BCUT2D eigenvalue weighted by atomic mass is 9.86. The average molecular weight is 181 g/mol. The van der Waals surface area contributed by atoms with Gasteiger partial charge in [0.05, 0.1) is 12.0 Å². The van der Waals surface area contributed by atoms with Gasteiger partial charge < -0.3 is 15.8 Å². The van der Waals surface area contributed by atoms with Gasteiger partial charge in [0.1, 0.15) is 5.82 Å². The molecule has 0 fully saturated rings. The molecule has 1 heterocycles. The van der Waals surface area contributed by atoms with Gasteiger partial charge in [-0.25, -0.2) is 9.97 Å². The van der Waals surface area contributed by atoms with Crippen molar-refractivity contribution in [1.82, 2.24) is 9.97 Å². The van der Waals surface area contributed by atoms with Gasteiger partial charge >= 0.3 is 7.12 Å². The van der Waals surface area contributed by atoms with Gasteiger partial charge in [-0.3, -0.25) is 4.79 Å². The summed E-state index contributed by atoms with van der Waals surface area (Å²) < 4.78 is 0. The normalized spacial score (nSPS) is 9.69. The maximum Gasteiger partial charge on any atom is 0.508 e. The Kier molecular flexibility index (Phi) is 2.94. The van der Waals surface area contributed by atoms with Crippen molar-refractivity contribution in [1.29, 1.82) is 0 Å². The zero-order chi connectivity index (χ0) is 9.84. The summed E-state index contributed by atoms with van der Waals surface area (Å²) in [5, 5.41) is 17.5. The second kappa shape index (κ2) is 3.97. The third-order valence-electron chi connectivity index (χ3n) is 1.32. The Labute approximate surface area is 74.6 Å². The Bertz CT molecular complexity index is 318. The molecule has 0 aliphatic heterocycles. The van der Waals surface area contributed by atoms with E-state index in [0.717, 1.165) is 0 Å². The molecule has 4 N–H and O–H groups in total. The van der Waals surface area contributed by atoms with Crippen molar-refractivity contribution in [2.75, 3.05) is 0 Å². The molecule has 68 valence electrons. The van der Waals surface area contributed by atoms with Crippen LogP contribution in [0, 0.1) is 0 Å². The minimum absolute atomic E-state index is 0.0475. The Hall–Kier alpha value is -1.47. The molecular weight excluding hydrogens is 173 g/mol. The molecule has 1 amide bonds. The van der Waals surface area contributed by atoms with Gasteiger partial charge in [-0.1, -0.05) is 0 Å². The first kappa shape index (κ1) is 9.62. The van der Waals surface area contributed by atoms with Gasteiger partial charge in [-0.2, -0.15) is 0 Å². The molecule has 0 unspecified atom stereocenters. The van der Waals surface area contributed by atoms with E-state index in [1.165, 1.54) is 12.3 Å². The third kappa shape index (κ3) is 2.81. The fourth-order valence-corrected chi connectivity index (χ4v) is 0.800. The lowest BCUT2D eigenvalue weighted by Crippen LogP contribution is -2.34. The van der Waals surface area contributed by atoms with Crippen molar-refractivity contribution < 1.29 is 14.8 Å². The highest BCUT2D eigenvalue weighted by molar-refractivity contribution is 6.57. The van der Waals surface area contributed by atoms with E-state index in [0.29, 0.717) is 0 Å². The Morgan fingerprint density at radius 1 is 1.62 bits per heavy atom. The van der Waals surface area contributed by atoms with Gasteiger partial charge in [0.2, 0.25) is 5.91 Å². The quantitative estimate of drug-likeness (QED) is 0.436. The number of nitrogens with two attached hydrogens (primary N) is 1. The number of amides is 1. The molecule has 0 aromatic carbocycles. The van der Waals surface area contributed by atoms with E-state index in [1.807, 2.05) is 0 Å². The number of carbonyl (C=O) groups is 1. The highest BCUT2D eigenvalue weighted by Gasteiger charge is 2.13. The van der Waals surface area contributed by atoms with Gasteiger partial charge in [-0.15, -0.1) is 0 Å². The first-order valence-electron chi connectivity index (χ1n) is 3.56. The molecule has 1 aromatic rings. The number of hydrogen-bond donors (Lipinski definition) is 3. The zero-order valence-corrected chi connectivity index (χ0v) is 6.71. The van der Waals surface area contributed by atoms with Crippen molar-refractivity contribution >= 4 is 18.6 Å². The number of aromatic nitrogens is 2. The van der Waals surface area contributed by atoms with E-state index in [1.54, 1.807) is 0 Å². The first-order chi connectivity index (χ1) is 6.09. The molecule has 0 radical (unpaired) electrons. The van der Waals surface area contributed by atoms with Crippen molar-refractivity contribution in [2.45, 2.75) is 6.42 Å². The van der Waals surface area contributed by atoms with Crippen LogP contribution in [-0.4, -0.2) is 33.0 Å². The second-order valence-electron chi connectivity index (χ2n) is 2.41. The predicted octanol–water partition coefficient (Wildman–Crippen LogP) is -2.82. The molecule has 7 heteroatoms. The minimum atomic E-state index is -1.66. The van der Waals surface area contributed by atoms with Crippen LogP contribution in [0.4, 0.5) is 0 Å². The second-order valence-corrected chi connectivity index (χ2v) is 2.41. The SMILES string of the molecule is NC(=O)Cc1nccc(B(O)O)n1. The summed E-state index contributed by atoms with van der Waals surface area (Å²) >= 11 is 0. The molecule has 0 atom stereocenters. The number of hydrogen-bond acceptors (Lipinski definition) is 5. The Balaban J connectivity index is 2.85. The van der Waals surface area contributed by atoms with E-state index in [4.69, 9.17) is 15.8 Å². The Morgan fingerprint density at radius 3 is 2.85 bits per heavy atom. The van der Waals surface area contributed by atoms with Gasteiger partial charge in [0.25, 0.3) is 0 Å². The summed E-state index contributed by atoms with van der Waals surface area (Å²) in [5.41, 5.74) is 4.95. The van der Waals surface area contributed by atoms with Crippen molar-refractivity contribution in [2.24, 2.45) is 5.73 Å². The lowest BCUT2D eigenvalue weighted by Gasteiger charge is -1.99. The number of carbonyl (C=O) groups excluding carboxylic acids is 1. The fourth-order valence-electron chi connectivity index (χ4n) is 0.800. The molecule has 0 aliphatic rings. The lowest BCUT2D eigenvalue weighted by molar-refractivity contribution is -0.117. The first-order valence-corrected chi connectivity index (χ1v) is 3.56. The summed E-state index contributed by atoms with van der Waals surface area (Å²) in [4.78, 5) is 17.9. The molecule has 1 aromatic heterocycles. The number of primary amides is 1. The predicted molar refractivity (Wildman–Crippen MR) is 44.8 cm³/mol. The largest absolute Gasteiger partial charge is 0.508 e. The van der Waals surface area contributed by atoms with Crippen LogP contribution in [-0.2, 0) is 11.2 Å². The fraction of sp³-hybridized carbons (Fsp3) is 0.167. The average Bonchev–Trinajstić information content (AvgIpc) is 2.03. The maximum absolute atomic E-state index is 10.5. The van der Waals surface area contributed by atoms with E-state index in [9.17, 15) is 4.79 Å². The topological polar surface area (TPSA) is 109 Å². The van der Waals surface area contributed by atoms with Gasteiger partial charge in [-0.05, 0) is 6.07 Å². The Morgan fingerprint density at radius 2 is 2.31 bits per heavy atom. The van der Waals surface area contributed by atoms with Crippen molar-refractivity contribution in [3.63, 3.8) is 0 Å². The van der Waals surface area contributed by atoms with Crippen molar-refractivity contribution in [3.05, 3.63) is 18.1 Å². The summed E-state index contributed by atoms with van der Waals surface area (Å²) in [6.07, 6.45) is 1.22. The molecule has 6 nitrogen and oxygen atoms in total. The molecule has 13 heavy (non-hydrogen) atoms. The molecule has 0 saturated heterocycles. The van der Waals surface area contributed by atoms with Crippen LogP contribution in [0.25, 0.3) is 0 Å². The van der Waals surface area contributed by atoms with E-state index in [2.05, 4.69) is 9.97 Å². The van der Waals surface area contributed by atoms with Crippen LogP contribution in [0.15, 0.2) is 12.3 Å². The summed E-state index contributed by atoms with van der Waals surface area (Å²) in [6, 6.07) is 1.34. The number of rotatable bonds is 3. The molecule has 0 spiro atoms. The van der Waals surface area contributed by atoms with Crippen LogP contribution in [0.1, 0.15) is 5.82 Å². The molecule has 0 saturated carbocycles. The molecule has 1 rings (SSSR count). The van der Waals surface area contributed by atoms with Gasteiger partial charge in [0.15, 0.2) is 0 Å². The molecule has 0 aliphatic carbocycles. The maximum atomic E-state index is 10.5. The highest BCUT2D eigenvalue weighted by Crippen LogP contribution is 1.87. The minimum Gasteiger partial charge on any atom is -0.422 e. The van der Waals surface area contributed by atoms with E-state index >= 15 is 0 Å².